The van der Waals surface area contributed by atoms with Gasteiger partial charge < -0.3 is 4.74 Å². The van der Waals surface area contributed by atoms with E-state index in [4.69, 9.17) is 4.74 Å². The van der Waals surface area contributed by atoms with Gasteiger partial charge in [-0.3, -0.25) is 14.7 Å². The molecule has 4 rings (SSSR count). The third-order valence-electron chi connectivity index (χ3n) is 4.08. The van der Waals surface area contributed by atoms with E-state index in [9.17, 15) is 4.79 Å². The largest absolute Gasteiger partial charge is 0.494 e. The summed E-state index contributed by atoms with van der Waals surface area (Å²) >= 11 is 1.32. The van der Waals surface area contributed by atoms with Crippen LogP contribution in [0.3, 0.4) is 0 Å². The predicted octanol–water partition coefficient (Wildman–Crippen LogP) is 4.68. The maximum absolute atomic E-state index is 13.2. The van der Waals surface area contributed by atoms with Crippen molar-refractivity contribution in [2.45, 2.75) is 6.92 Å². The number of nitrogens with zero attached hydrogens (tertiary/aromatic N) is 4. The molecule has 6 nitrogen and oxygen atoms in total. The lowest BCUT2D eigenvalue weighted by Crippen LogP contribution is -2.28. The van der Waals surface area contributed by atoms with Crippen molar-refractivity contribution in [2.75, 3.05) is 11.5 Å². The van der Waals surface area contributed by atoms with Gasteiger partial charge in [-0.2, -0.15) is 0 Å². The van der Waals surface area contributed by atoms with Crippen LogP contribution in [-0.4, -0.2) is 27.6 Å². The van der Waals surface area contributed by atoms with Gasteiger partial charge in [0, 0.05) is 18.6 Å². The molecule has 0 bridgehead atoms. The number of hydrogen-bond acceptors (Lipinski definition) is 6. The normalized spacial score (nSPS) is 16.6. The van der Waals surface area contributed by atoms with E-state index in [0.717, 1.165) is 17.0 Å². The van der Waals surface area contributed by atoms with Crippen LogP contribution in [0.4, 0.5) is 11.5 Å². The van der Waals surface area contributed by atoms with E-state index in [2.05, 4.69) is 15.0 Å². The first-order valence-corrected chi connectivity index (χ1v) is 9.93. The molecule has 0 aliphatic carbocycles. The number of benzene rings is 1. The van der Waals surface area contributed by atoms with Crippen molar-refractivity contribution in [3.63, 3.8) is 0 Å². The van der Waals surface area contributed by atoms with E-state index >= 15 is 0 Å². The quantitative estimate of drug-likeness (QED) is 0.580. The Kier molecular flexibility index (Phi) is 5.67. The number of thioether (sulfide) groups is 1. The summed E-state index contributed by atoms with van der Waals surface area (Å²) in [6, 6.07) is 16.6. The van der Waals surface area contributed by atoms with Gasteiger partial charge in [-0.15, -0.1) is 0 Å². The second-order valence-electron chi connectivity index (χ2n) is 6.04. The average molecular weight is 402 g/mol. The van der Waals surface area contributed by atoms with Crippen LogP contribution in [0.1, 0.15) is 12.5 Å². The summed E-state index contributed by atoms with van der Waals surface area (Å²) in [5.41, 5.74) is 1.63. The first kappa shape index (κ1) is 18.9. The minimum Gasteiger partial charge on any atom is -0.494 e. The van der Waals surface area contributed by atoms with Crippen LogP contribution in [-0.2, 0) is 4.79 Å². The Morgan fingerprint density at radius 1 is 1.07 bits per heavy atom. The molecule has 3 aromatic rings. The van der Waals surface area contributed by atoms with Crippen LogP contribution < -0.4 is 9.64 Å². The number of hydrogen-bond donors (Lipinski definition) is 0. The van der Waals surface area contributed by atoms with Crippen LogP contribution in [0, 0.1) is 0 Å². The van der Waals surface area contributed by atoms with Gasteiger partial charge in [-0.25, -0.2) is 9.98 Å². The Morgan fingerprint density at radius 3 is 2.55 bits per heavy atom. The van der Waals surface area contributed by atoms with Gasteiger partial charge in [-0.1, -0.05) is 6.07 Å². The average Bonchev–Trinajstić information content (AvgIpc) is 3.05. The van der Waals surface area contributed by atoms with E-state index < -0.39 is 0 Å². The topological polar surface area (TPSA) is 67.7 Å². The minimum absolute atomic E-state index is 0.134. The van der Waals surface area contributed by atoms with Crippen molar-refractivity contribution in [2.24, 2.45) is 4.99 Å². The predicted molar refractivity (Wildman–Crippen MR) is 116 cm³/mol. The van der Waals surface area contributed by atoms with Crippen LogP contribution in [0.25, 0.3) is 6.08 Å². The molecule has 0 unspecified atom stereocenters. The summed E-state index contributed by atoms with van der Waals surface area (Å²) in [6.45, 7) is 2.52. The molecule has 0 saturated carbocycles. The number of aliphatic imine (C=N–C) groups is 1. The number of amides is 1. The fraction of sp³-hybridized carbons (Fsp3) is 0.0909. The van der Waals surface area contributed by atoms with Gasteiger partial charge in [0.1, 0.15) is 5.75 Å². The van der Waals surface area contributed by atoms with Crippen LogP contribution >= 0.6 is 11.8 Å². The molecule has 1 fully saturated rings. The third kappa shape index (κ3) is 4.35. The van der Waals surface area contributed by atoms with Crippen molar-refractivity contribution in [3.8, 4) is 5.75 Å². The summed E-state index contributed by atoms with van der Waals surface area (Å²) in [7, 11) is 0. The highest BCUT2D eigenvalue weighted by molar-refractivity contribution is 8.19. The summed E-state index contributed by atoms with van der Waals surface area (Å²) in [5.74, 6) is 1.17. The molecule has 29 heavy (non-hydrogen) atoms. The Morgan fingerprint density at radius 2 is 1.86 bits per heavy atom. The van der Waals surface area contributed by atoms with Gasteiger partial charge >= 0.3 is 0 Å². The Labute approximate surface area is 173 Å². The van der Waals surface area contributed by atoms with Crippen LogP contribution in [0.2, 0.25) is 0 Å². The molecule has 144 valence electrons. The Balaban J connectivity index is 1.73. The molecule has 3 heterocycles. The highest BCUT2D eigenvalue weighted by atomic mass is 32.2. The SMILES string of the molecule is CCOc1ccc(N2C(=O)/C(=C/c3ccncc3)S/C2=N\c2ccccn2)cc1. The van der Waals surface area contributed by atoms with E-state index in [1.165, 1.54) is 11.8 Å². The molecule has 1 aromatic carbocycles. The fourth-order valence-electron chi connectivity index (χ4n) is 2.76. The van der Waals surface area contributed by atoms with Gasteiger partial charge in [0.2, 0.25) is 0 Å². The van der Waals surface area contributed by atoms with Gasteiger partial charge in [0.25, 0.3) is 5.91 Å². The summed E-state index contributed by atoms with van der Waals surface area (Å²) in [6.07, 6.45) is 6.92. The molecule has 0 radical (unpaired) electrons. The van der Waals surface area contributed by atoms with Crippen molar-refractivity contribution < 1.29 is 9.53 Å². The first-order valence-electron chi connectivity index (χ1n) is 9.11. The van der Waals surface area contributed by atoms with E-state index in [1.54, 1.807) is 29.6 Å². The zero-order valence-electron chi connectivity index (χ0n) is 15.7. The van der Waals surface area contributed by atoms with Crippen molar-refractivity contribution in [1.82, 2.24) is 9.97 Å². The van der Waals surface area contributed by atoms with Gasteiger partial charge in [0.15, 0.2) is 11.0 Å². The number of rotatable bonds is 5. The van der Waals surface area contributed by atoms with Crippen LogP contribution in [0.5, 0.6) is 5.75 Å². The summed E-state index contributed by atoms with van der Waals surface area (Å²) in [5, 5.41) is 0.554. The number of pyridine rings is 2. The maximum atomic E-state index is 13.2. The number of carbonyl (C=O) groups is 1. The lowest BCUT2D eigenvalue weighted by atomic mass is 10.2. The van der Waals surface area contributed by atoms with Crippen LogP contribution in [0.15, 0.2) is 83.1 Å². The number of ether oxygens (including phenoxy) is 1. The van der Waals surface area contributed by atoms with E-state index in [0.29, 0.717) is 22.5 Å². The fourth-order valence-corrected chi connectivity index (χ4v) is 3.75. The molecule has 1 saturated heterocycles. The molecule has 0 atom stereocenters. The highest BCUT2D eigenvalue weighted by Crippen LogP contribution is 2.37. The highest BCUT2D eigenvalue weighted by Gasteiger charge is 2.34. The summed E-state index contributed by atoms with van der Waals surface area (Å²) < 4.78 is 5.51. The maximum Gasteiger partial charge on any atom is 0.271 e. The second kappa shape index (κ2) is 8.70. The molecule has 0 spiro atoms. The number of amidine groups is 1. The van der Waals surface area contributed by atoms with Crippen molar-refractivity contribution >= 4 is 40.4 Å². The van der Waals surface area contributed by atoms with E-state index in [1.807, 2.05) is 61.5 Å². The molecule has 1 amide bonds. The number of aromatic nitrogens is 2. The number of carbonyl (C=O) groups excluding carboxylic acids is 1. The lowest BCUT2D eigenvalue weighted by molar-refractivity contribution is -0.113. The monoisotopic (exact) mass is 402 g/mol. The smallest absolute Gasteiger partial charge is 0.271 e. The van der Waals surface area contributed by atoms with Gasteiger partial charge in [-0.05, 0) is 78.9 Å². The molecule has 2 aromatic heterocycles. The molecule has 1 aliphatic heterocycles. The van der Waals surface area contributed by atoms with E-state index in [-0.39, 0.29) is 5.91 Å². The molecular weight excluding hydrogens is 384 g/mol. The summed E-state index contributed by atoms with van der Waals surface area (Å²) in [4.78, 5) is 28.3. The number of anilines is 1. The zero-order chi connectivity index (χ0) is 20.1. The van der Waals surface area contributed by atoms with Gasteiger partial charge in [0.05, 0.1) is 17.2 Å². The minimum atomic E-state index is -0.134. The molecule has 1 aliphatic rings. The second-order valence-corrected chi connectivity index (χ2v) is 7.05. The lowest BCUT2D eigenvalue weighted by Gasteiger charge is -2.16. The zero-order valence-corrected chi connectivity index (χ0v) is 16.5. The standard InChI is InChI=1S/C22H18N4O2S/c1-2-28-18-8-6-17(7-9-18)26-21(27)19(15-16-10-13-23-14-11-16)29-22(26)25-20-5-3-4-12-24-20/h3-15H,2H2,1H3/b19-15-,25-22-. The molecule has 7 heteroatoms. The third-order valence-corrected chi connectivity index (χ3v) is 5.04. The van der Waals surface area contributed by atoms with Crippen molar-refractivity contribution in [1.29, 1.82) is 0 Å². The first-order chi connectivity index (χ1) is 14.2. The Hall–Kier alpha value is -3.45. The Bertz CT molecular complexity index is 1050. The molecular formula is C22H18N4O2S. The van der Waals surface area contributed by atoms with Crippen molar-refractivity contribution in [3.05, 3.63) is 83.7 Å². The molecule has 0 N–H and O–H groups in total.